The first-order valence-corrected chi connectivity index (χ1v) is 9.41. The summed E-state index contributed by atoms with van der Waals surface area (Å²) in [6, 6.07) is 0. The number of fused-ring (bicyclic) bond motifs is 1. The Morgan fingerprint density at radius 1 is 0.958 bits per heavy atom. The van der Waals surface area contributed by atoms with Gasteiger partial charge in [-0.1, -0.05) is 27.7 Å². The molecule has 0 saturated carbocycles. The van der Waals surface area contributed by atoms with E-state index in [2.05, 4.69) is 20.8 Å². The zero-order valence-electron chi connectivity index (χ0n) is 16.1. The van der Waals surface area contributed by atoms with E-state index >= 15 is 0 Å². The highest BCUT2D eigenvalue weighted by molar-refractivity contribution is 5.84. The van der Waals surface area contributed by atoms with E-state index in [-0.39, 0.29) is 34.3 Å². The van der Waals surface area contributed by atoms with E-state index in [1.807, 2.05) is 13.8 Å². The highest BCUT2D eigenvalue weighted by atomic mass is 16.6. The molecule has 2 heterocycles. The van der Waals surface area contributed by atoms with Gasteiger partial charge in [0.15, 0.2) is 0 Å². The zero-order valence-corrected chi connectivity index (χ0v) is 16.1. The third-order valence-corrected chi connectivity index (χ3v) is 5.67. The van der Waals surface area contributed by atoms with Crippen LogP contribution in [0.5, 0.6) is 0 Å². The van der Waals surface area contributed by atoms with Crippen molar-refractivity contribution in [2.75, 3.05) is 6.61 Å². The SMILES string of the molecule is CC1(C)CCCC2(C)OC2CCOC(=O)CCCC(=O)C(C)(C)C1. The molecule has 138 valence electrons. The lowest BCUT2D eigenvalue weighted by Gasteiger charge is -2.34. The lowest BCUT2D eigenvalue weighted by Crippen LogP contribution is -2.31. The summed E-state index contributed by atoms with van der Waals surface area (Å²) < 4.78 is 11.1. The Kier molecular flexibility index (Phi) is 5.79. The number of Topliss-reactive ketones (excluding diaryl/α,β-unsaturated/α-hetero) is 1. The molecule has 0 aromatic rings. The summed E-state index contributed by atoms with van der Waals surface area (Å²) in [6.07, 6.45) is 6.48. The van der Waals surface area contributed by atoms with Crippen LogP contribution in [0.2, 0.25) is 0 Å². The molecule has 0 aromatic carbocycles. The second kappa shape index (κ2) is 7.15. The fourth-order valence-corrected chi connectivity index (χ4v) is 4.26. The van der Waals surface area contributed by atoms with Crippen molar-refractivity contribution in [2.24, 2.45) is 10.8 Å². The molecule has 0 aromatic heterocycles. The van der Waals surface area contributed by atoms with Gasteiger partial charge in [0.05, 0.1) is 18.3 Å². The van der Waals surface area contributed by atoms with Crippen molar-refractivity contribution in [1.29, 1.82) is 0 Å². The van der Waals surface area contributed by atoms with Crippen LogP contribution in [0.4, 0.5) is 0 Å². The van der Waals surface area contributed by atoms with Crippen molar-refractivity contribution in [3.05, 3.63) is 0 Å². The summed E-state index contributed by atoms with van der Waals surface area (Å²) in [5.41, 5.74) is -0.256. The van der Waals surface area contributed by atoms with Gasteiger partial charge < -0.3 is 9.47 Å². The third-order valence-electron chi connectivity index (χ3n) is 5.67. The number of ether oxygens (including phenoxy) is 2. The summed E-state index contributed by atoms with van der Waals surface area (Å²) in [6.45, 7) is 11.2. The second-order valence-electron chi connectivity index (χ2n) is 9.28. The Morgan fingerprint density at radius 3 is 2.38 bits per heavy atom. The second-order valence-corrected chi connectivity index (χ2v) is 9.28. The Hall–Kier alpha value is -0.900. The Morgan fingerprint density at radius 2 is 1.67 bits per heavy atom. The molecule has 2 aliphatic rings. The third kappa shape index (κ3) is 5.30. The zero-order chi connectivity index (χ0) is 18.0. The first kappa shape index (κ1) is 19.4. The first-order chi connectivity index (χ1) is 11.0. The van der Waals surface area contributed by atoms with Crippen LogP contribution in [0.15, 0.2) is 0 Å². The van der Waals surface area contributed by atoms with Crippen molar-refractivity contribution in [2.45, 2.75) is 97.7 Å². The van der Waals surface area contributed by atoms with Gasteiger partial charge in [0.2, 0.25) is 0 Å². The molecule has 24 heavy (non-hydrogen) atoms. The largest absolute Gasteiger partial charge is 0.466 e. The number of cyclic esters (lactones) is 1. The smallest absolute Gasteiger partial charge is 0.305 e. The van der Waals surface area contributed by atoms with Crippen molar-refractivity contribution >= 4 is 11.8 Å². The average Bonchev–Trinajstić information content (AvgIpc) is 3.06. The molecule has 0 aliphatic carbocycles. The molecule has 2 atom stereocenters. The minimum absolute atomic E-state index is 0.0507. The molecule has 2 aliphatic heterocycles. The van der Waals surface area contributed by atoms with Crippen molar-refractivity contribution in [1.82, 2.24) is 0 Å². The first-order valence-electron chi connectivity index (χ1n) is 9.41. The predicted octanol–water partition coefficient (Wildman–Crippen LogP) is 4.44. The standard InChI is InChI=1S/C20H34O4/c1-18(2)11-7-12-20(5)16(24-20)10-13-23-17(22)9-6-8-15(21)19(3,4)14-18/h16H,6-14H2,1-5H3. The van der Waals surface area contributed by atoms with Crippen molar-refractivity contribution in [3.63, 3.8) is 0 Å². The fourth-order valence-electron chi connectivity index (χ4n) is 4.26. The number of epoxide rings is 1. The minimum atomic E-state index is -0.340. The van der Waals surface area contributed by atoms with Crippen LogP contribution in [-0.4, -0.2) is 30.1 Å². The minimum Gasteiger partial charge on any atom is -0.466 e. The molecule has 0 amide bonds. The van der Waals surface area contributed by atoms with Crippen LogP contribution in [0.3, 0.4) is 0 Å². The summed E-state index contributed by atoms with van der Waals surface area (Å²) in [7, 11) is 0. The predicted molar refractivity (Wildman–Crippen MR) is 93.7 cm³/mol. The maximum absolute atomic E-state index is 12.6. The molecule has 2 unspecified atom stereocenters. The van der Waals surface area contributed by atoms with Gasteiger partial charge in [-0.25, -0.2) is 0 Å². The van der Waals surface area contributed by atoms with Gasteiger partial charge in [-0.15, -0.1) is 0 Å². The topological polar surface area (TPSA) is 55.9 Å². The Balaban J connectivity index is 2.01. The van der Waals surface area contributed by atoms with Gasteiger partial charge >= 0.3 is 5.97 Å². The van der Waals surface area contributed by atoms with E-state index < -0.39 is 0 Å². The van der Waals surface area contributed by atoms with Gasteiger partial charge in [0, 0.05) is 24.7 Å². The molecule has 2 fully saturated rings. The van der Waals surface area contributed by atoms with E-state index in [0.29, 0.717) is 25.9 Å². The summed E-state index contributed by atoms with van der Waals surface area (Å²) in [4.78, 5) is 24.3. The maximum Gasteiger partial charge on any atom is 0.305 e. The molecule has 0 spiro atoms. The number of esters is 1. The molecule has 0 N–H and O–H groups in total. The van der Waals surface area contributed by atoms with Crippen LogP contribution < -0.4 is 0 Å². The van der Waals surface area contributed by atoms with Gasteiger partial charge in [0.25, 0.3) is 0 Å². The lowest BCUT2D eigenvalue weighted by atomic mass is 9.70. The van der Waals surface area contributed by atoms with E-state index in [1.165, 1.54) is 0 Å². The molecule has 2 saturated heterocycles. The van der Waals surface area contributed by atoms with E-state index in [1.54, 1.807) is 0 Å². The normalized spacial score (nSPS) is 35.0. The van der Waals surface area contributed by atoms with Crippen LogP contribution in [0, 0.1) is 10.8 Å². The molecule has 0 bridgehead atoms. The van der Waals surface area contributed by atoms with Gasteiger partial charge in [-0.3, -0.25) is 9.59 Å². The van der Waals surface area contributed by atoms with E-state index in [4.69, 9.17) is 9.47 Å². The van der Waals surface area contributed by atoms with E-state index in [9.17, 15) is 9.59 Å². The van der Waals surface area contributed by atoms with Crippen LogP contribution in [0.25, 0.3) is 0 Å². The fraction of sp³-hybridized carbons (Fsp3) is 0.900. The number of ketones is 1. The Bertz CT molecular complexity index is 480. The molecule has 4 heteroatoms. The highest BCUT2D eigenvalue weighted by Crippen LogP contribution is 2.45. The van der Waals surface area contributed by atoms with E-state index in [0.717, 1.165) is 32.1 Å². The summed E-state index contributed by atoms with van der Waals surface area (Å²) in [5, 5.41) is 0. The molecule has 4 nitrogen and oxygen atoms in total. The number of hydrogen-bond acceptors (Lipinski definition) is 4. The van der Waals surface area contributed by atoms with Crippen LogP contribution in [-0.2, 0) is 19.1 Å². The maximum atomic E-state index is 12.6. The monoisotopic (exact) mass is 338 g/mol. The van der Waals surface area contributed by atoms with Crippen molar-refractivity contribution < 1.29 is 19.1 Å². The van der Waals surface area contributed by atoms with Gasteiger partial charge in [-0.2, -0.15) is 0 Å². The quantitative estimate of drug-likeness (QED) is 0.484. The van der Waals surface area contributed by atoms with Crippen LogP contribution in [0.1, 0.15) is 86.0 Å². The Labute approximate surface area is 146 Å². The molecule has 2 rings (SSSR count). The summed E-state index contributed by atoms with van der Waals surface area (Å²) in [5.74, 6) is 0.0587. The van der Waals surface area contributed by atoms with Crippen molar-refractivity contribution in [3.8, 4) is 0 Å². The van der Waals surface area contributed by atoms with Crippen LogP contribution >= 0.6 is 0 Å². The van der Waals surface area contributed by atoms with Gasteiger partial charge in [0.1, 0.15) is 5.78 Å². The number of hydrogen-bond donors (Lipinski definition) is 0. The number of carbonyl (C=O) groups is 2. The molecular formula is C20H34O4. The number of rotatable bonds is 0. The molecule has 0 radical (unpaired) electrons. The number of carbonyl (C=O) groups excluding carboxylic acids is 2. The molecular weight excluding hydrogens is 304 g/mol. The highest BCUT2D eigenvalue weighted by Gasteiger charge is 2.51. The summed E-state index contributed by atoms with van der Waals surface area (Å²) >= 11 is 0. The van der Waals surface area contributed by atoms with Gasteiger partial charge in [-0.05, 0) is 44.4 Å². The average molecular weight is 338 g/mol. The lowest BCUT2D eigenvalue weighted by molar-refractivity contribution is -0.144.